The Hall–Kier alpha value is -0.910. The maximum absolute atomic E-state index is 4.70. The second-order valence-electron chi connectivity index (χ2n) is 4.37. The molecule has 0 spiro atoms. The van der Waals surface area contributed by atoms with E-state index in [0.717, 1.165) is 10.8 Å². The number of aromatic nitrogens is 1. The molecule has 0 aliphatic heterocycles. The van der Waals surface area contributed by atoms with Gasteiger partial charge in [0.1, 0.15) is 0 Å². The number of nitrogens with zero attached hydrogens (tertiary/aromatic N) is 2. The van der Waals surface area contributed by atoms with Crippen LogP contribution in [-0.4, -0.2) is 19.1 Å². The lowest BCUT2D eigenvalue weighted by Gasteiger charge is -2.23. The maximum Gasteiger partial charge on any atom is 0.185 e. The predicted molar refractivity (Wildman–Crippen MR) is 80.7 cm³/mol. The summed E-state index contributed by atoms with van der Waals surface area (Å²) >= 11 is 3.50. The summed E-state index contributed by atoms with van der Waals surface area (Å²) in [5, 5.41) is 8.55. The maximum atomic E-state index is 4.70. The summed E-state index contributed by atoms with van der Waals surface area (Å²) in [4.78, 5) is 8.31. The lowest BCUT2D eigenvalue weighted by molar-refractivity contribution is 0.634. The fraction of sp³-hybridized carbons (Fsp3) is 0.462. The van der Waals surface area contributed by atoms with Crippen molar-refractivity contribution in [2.24, 2.45) is 0 Å². The monoisotopic (exact) mass is 281 g/mol. The van der Waals surface area contributed by atoms with Crippen LogP contribution in [0.25, 0.3) is 0 Å². The van der Waals surface area contributed by atoms with Crippen molar-refractivity contribution < 1.29 is 0 Å². The van der Waals surface area contributed by atoms with Crippen molar-refractivity contribution in [1.82, 2.24) is 10.3 Å². The number of hydrogen-bond acceptors (Lipinski definition) is 5. The summed E-state index contributed by atoms with van der Waals surface area (Å²) in [6, 6.07) is 4.95. The van der Waals surface area contributed by atoms with Crippen LogP contribution in [-0.2, 0) is 0 Å². The molecule has 98 valence electrons. The van der Waals surface area contributed by atoms with Gasteiger partial charge in [0.25, 0.3) is 0 Å². The van der Waals surface area contributed by atoms with Gasteiger partial charge in [-0.3, -0.25) is 0 Å². The number of nitrogens with one attached hydrogen (secondary N) is 1. The summed E-state index contributed by atoms with van der Waals surface area (Å²) in [6.45, 7) is 4.34. The van der Waals surface area contributed by atoms with Crippen molar-refractivity contribution in [3.05, 3.63) is 33.5 Å². The van der Waals surface area contributed by atoms with Crippen LogP contribution in [0.3, 0.4) is 0 Å². The molecule has 2 atom stereocenters. The predicted octanol–water partition coefficient (Wildman–Crippen LogP) is 3.68. The number of hydrogen-bond donors (Lipinski definition) is 1. The van der Waals surface area contributed by atoms with E-state index in [1.807, 2.05) is 7.05 Å². The van der Waals surface area contributed by atoms with E-state index in [1.165, 1.54) is 4.88 Å². The molecule has 0 aromatic carbocycles. The molecule has 0 bridgehead atoms. The average Bonchev–Trinajstić information content (AvgIpc) is 3.06. The van der Waals surface area contributed by atoms with Crippen molar-refractivity contribution in [2.75, 3.05) is 19.0 Å². The van der Waals surface area contributed by atoms with E-state index < -0.39 is 0 Å². The molecule has 5 heteroatoms. The van der Waals surface area contributed by atoms with Crippen LogP contribution in [0.1, 0.15) is 36.5 Å². The van der Waals surface area contributed by atoms with Gasteiger partial charge in [-0.15, -0.1) is 22.7 Å². The number of anilines is 1. The van der Waals surface area contributed by atoms with Crippen molar-refractivity contribution in [3.8, 4) is 0 Å². The van der Waals surface area contributed by atoms with Gasteiger partial charge in [0.15, 0.2) is 5.13 Å². The number of thiazole rings is 1. The zero-order valence-corrected chi connectivity index (χ0v) is 12.8. The molecule has 0 amide bonds. The van der Waals surface area contributed by atoms with Gasteiger partial charge in [-0.2, -0.15) is 0 Å². The Bertz CT molecular complexity index is 478. The molecule has 0 radical (unpaired) electrons. The lowest BCUT2D eigenvalue weighted by Crippen LogP contribution is -2.21. The molecule has 2 rings (SSSR count). The van der Waals surface area contributed by atoms with E-state index in [1.54, 1.807) is 22.7 Å². The summed E-state index contributed by atoms with van der Waals surface area (Å²) in [6.07, 6.45) is 0. The Kier molecular flexibility index (Phi) is 4.37. The Balaban J connectivity index is 2.13. The smallest absolute Gasteiger partial charge is 0.185 e. The van der Waals surface area contributed by atoms with Crippen LogP contribution < -0.4 is 10.2 Å². The molecular formula is C13H19N3S2. The van der Waals surface area contributed by atoms with Crippen LogP contribution in [0.4, 0.5) is 5.13 Å². The van der Waals surface area contributed by atoms with Gasteiger partial charge >= 0.3 is 0 Å². The second kappa shape index (κ2) is 5.82. The Labute approximate surface area is 116 Å². The van der Waals surface area contributed by atoms with E-state index in [0.29, 0.717) is 12.1 Å². The molecular weight excluding hydrogens is 262 g/mol. The first-order chi connectivity index (χ1) is 8.63. The van der Waals surface area contributed by atoms with Crippen LogP contribution in [0.2, 0.25) is 0 Å². The van der Waals surface area contributed by atoms with Gasteiger partial charge in [-0.1, -0.05) is 6.07 Å². The minimum Gasteiger partial charge on any atom is -0.344 e. The number of thiophene rings is 1. The highest BCUT2D eigenvalue weighted by molar-refractivity contribution is 7.13. The third-order valence-corrected chi connectivity index (χ3v) is 5.22. The van der Waals surface area contributed by atoms with E-state index >= 15 is 0 Å². The number of rotatable bonds is 5. The fourth-order valence-electron chi connectivity index (χ4n) is 1.67. The van der Waals surface area contributed by atoms with Gasteiger partial charge in [-0.25, -0.2) is 4.98 Å². The molecule has 2 heterocycles. The zero-order chi connectivity index (χ0) is 13.1. The molecule has 1 N–H and O–H groups in total. The van der Waals surface area contributed by atoms with Crippen LogP contribution in [0.5, 0.6) is 0 Å². The highest BCUT2D eigenvalue weighted by Gasteiger charge is 2.17. The van der Waals surface area contributed by atoms with Crippen molar-refractivity contribution >= 4 is 27.8 Å². The molecule has 3 nitrogen and oxygen atoms in total. The molecule has 0 saturated heterocycles. The first kappa shape index (κ1) is 13.5. The molecule has 0 aliphatic carbocycles. The standard InChI is InChI=1S/C13H19N3S2/c1-9(14-3)11-8-18-13(15-11)16(4)10(2)12-6-5-7-17-12/h5-10,14H,1-4H3. The first-order valence-electron chi connectivity index (χ1n) is 6.02. The molecule has 0 aliphatic rings. The molecule has 0 fully saturated rings. The van der Waals surface area contributed by atoms with Gasteiger partial charge in [0.05, 0.1) is 11.7 Å². The second-order valence-corrected chi connectivity index (χ2v) is 6.18. The average molecular weight is 281 g/mol. The van der Waals surface area contributed by atoms with E-state index in [9.17, 15) is 0 Å². The van der Waals surface area contributed by atoms with Crippen molar-refractivity contribution in [2.45, 2.75) is 25.9 Å². The third-order valence-electron chi connectivity index (χ3n) is 3.22. The van der Waals surface area contributed by atoms with E-state index in [-0.39, 0.29) is 0 Å². The lowest BCUT2D eigenvalue weighted by atomic mass is 10.2. The Morgan fingerprint density at radius 1 is 1.33 bits per heavy atom. The highest BCUT2D eigenvalue weighted by atomic mass is 32.1. The molecule has 2 aromatic heterocycles. The van der Waals surface area contributed by atoms with Crippen LogP contribution in [0.15, 0.2) is 22.9 Å². The largest absolute Gasteiger partial charge is 0.344 e. The van der Waals surface area contributed by atoms with Gasteiger partial charge in [0, 0.05) is 23.3 Å². The Morgan fingerprint density at radius 2 is 2.11 bits per heavy atom. The van der Waals surface area contributed by atoms with Gasteiger partial charge in [0.2, 0.25) is 0 Å². The summed E-state index contributed by atoms with van der Waals surface area (Å²) in [5.41, 5.74) is 1.11. The fourth-order valence-corrected chi connectivity index (χ4v) is 3.46. The molecule has 2 unspecified atom stereocenters. The molecule has 18 heavy (non-hydrogen) atoms. The summed E-state index contributed by atoms with van der Waals surface area (Å²) in [7, 11) is 4.07. The normalized spacial score (nSPS) is 14.4. The van der Waals surface area contributed by atoms with Gasteiger partial charge < -0.3 is 10.2 Å². The topological polar surface area (TPSA) is 28.2 Å². The van der Waals surface area contributed by atoms with E-state index in [2.05, 4.69) is 54.0 Å². The van der Waals surface area contributed by atoms with E-state index in [4.69, 9.17) is 4.98 Å². The minimum absolute atomic E-state index is 0.306. The zero-order valence-electron chi connectivity index (χ0n) is 11.2. The van der Waals surface area contributed by atoms with Crippen molar-refractivity contribution in [1.29, 1.82) is 0 Å². The highest BCUT2D eigenvalue weighted by Crippen LogP contribution is 2.31. The Morgan fingerprint density at radius 3 is 2.72 bits per heavy atom. The summed E-state index contributed by atoms with van der Waals surface area (Å²) < 4.78 is 0. The molecule has 2 aromatic rings. The quantitative estimate of drug-likeness (QED) is 0.906. The van der Waals surface area contributed by atoms with Crippen molar-refractivity contribution in [3.63, 3.8) is 0 Å². The SMILES string of the molecule is CNC(C)c1csc(N(C)C(C)c2cccs2)n1. The summed E-state index contributed by atoms with van der Waals surface area (Å²) in [5.74, 6) is 0. The van der Waals surface area contributed by atoms with Crippen LogP contribution in [0, 0.1) is 0 Å². The van der Waals surface area contributed by atoms with Gasteiger partial charge in [-0.05, 0) is 32.3 Å². The molecule has 0 saturated carbocycles. The van der Waals surface area contributed by atoms with Crippen LogP contribution >= 0.6 is 22.7 Å². The third kappa shape index (κ3) is 2.74. The first-order valence-corrected chi connectivity index (χ1v) is 7.78. The minimum atomic E-state index is 0.306.